The van der Waals surface area contributed by atoms with Crippen molar-refractivity contribution in [2.45, 2.75) is 111 Å². The van der Waals surface area contributed by atoms with Gasteiger partial charge in [-0.3, -0.25) is 4.79 Å². The van der Waals surface area contributed by atoms with Gasteiger partial charge < -0.3 is 0 Å². The average molecular weight is 283 g/mol. The molecule has 0 N–H and O–H groups in total. The van der Waals surface area contributed by atoms with E-state index in [1.54, 1.807) is 0 Å². The first kappa shape index (κ1) is 19.7. The molecule has 0 amide bonds. The van der Waals surface area contributed by atoms with Crippen molar-refractivity contribution in [3.8, 4) is 0 Å². The van der Waals surface area contributed by atoms with Crippen LogP contribution < -0.4 is 0 Å². The van der Waals surface area contributed by atoms with Gasteiger partial charge in [-0.2, -0.15) is 0 Å². The first-order chi connectivity index (χ1) is 9.68. The second-order valence-corrected chi connectivity index (χ2v) is 6.61. The monoisotopic (exact) mass is 282 g/mol. The highest BCUT2D eigenvalue weighted by Crippen LogP contribution is 2.13. The van der Waals surface area contributed by atoms with Crippen LogP contribution in [0.2, 0.25) is 0 Å². The van der Waals surface area contributed by atoms with Crippen LogP contribution in [0.1, 0.15) is 111 Å². The lowest BCUT2D eigenvalue weighted by molar-refractivity contribution is -0.122. The summed E-state index contributed by atoms with van der Waals surface area (Å²) in [5.41, 5.74) is 0. The zero-order valence-corrected chi connectivity index (χ0v) is 14.4. The van der Waals surface area contributed by atoms with Gasteiger partial charge in [-0.25, -0.2) is 0 Å². The largest absolute Gasteiger partial charge is 0.299 e. The van der Waals surface area contributed by atoms with E-state index < -0.39 is 0 Å². The van der Waals surface area contributed by atoms with Gasteiger partial charge in [-0.1, -0.05) is 97.8 Å². The minimum absolute atomic E-state index is 0.229. The highest BCUT2D eigenvalue weighted by atomic mass is 16.1. The molecule has 1 nitrogen and oxygen atoms in total. The Balaban J connectivity index is 3.04. The smallest absolute Gasteiger partial charge is 0.135 e. The van der Waals surface area contributed by atoms with Gasteiger partial charge in [0.05, 0.1) is 0 Å². The molecule has 0 rings (SSSR count). The molecule has 120 valence electrons. The van der Waals surface area contributed by atoms with E-state index in [0.29, 0.717) is 5.78 Å². The summed E-state index contributed by atoms with van der Waals surface area (Å²) < 4.78 is 0. The molecule has 0 unspecified atom stereocenters. The van der Waals surface area contributed by atoms with Crippen molar-refractivity contribution >= 4 is 5.78 Å². The van der Waals surface area contributed by atoms with Crippen molar-refractivity contribution in [2.24, 2.45) is 5.92 Å². The Kier molecular flexibility index (Phi) is 14.8. The number of carbonyl (C=O) groups excluding carboxylic acids is 1. The minimum Gasteiger partial charge on any atom is -0.299 e. The lowest BCUT2D eigenvalue weighted by Crippen LogP contribution is -2.05. The Morgan fingerprint density at radius 1 is 0.650 bits per heavy atom. The lowest BCUT2D eigenvalue weighted by atomic mass is 10.0. The van der Waals surface area contributed by atoms with E-state index in [0.717, 1.165) is 12.8 Å². The summed E-state index contributed by atoms with van der Waals surface area (Å²) in [4.78, 5) is 11.4. The molecule has 0 aromatic carbocycles. The molecule has 0 radical (unpaired) electrons. The molecule has 0 saturated carbocycles. The molecule has 0 atom stereocenters. The molecule has 0 aromatic heterocycles. The van der Waals surface area contributed by atoms with Crippen LogP contribution in [-0.2, 0) is 4.79 Å². The number of Topliss-reactive ketones (excluding diaryl/α,β-unsaturated/α-hetero) is 1. The summed E-state index contributed by atoms with van der Waals surface area (Å²) >= 11 is 0. The highest BCUT2D eigenvalue weighted by molar-refractivity contribution is 5.80. The third kappa shape index (κ3) is 14.1. The number of hydrogen-bond donors (Lipinski definition) is 0. The van der Waals surface area contributed by atoms with Gasteiger partial charge in [0.2, 0.25) is 0 Å². The van der Waals surface area contributed by atoms with Gasteiger partial charge >= 0.3 is 0 Å². The fourth-order valence-electron chi connectivity index (χ4n) is 2.61. The molecule has 0 aliphatic carbocycles. The quantitative estimate of drug-likeness (QED) is 0.306. The number of unbranched alkanes of at least 4 members (excludes halogenated alkanes) is 12. The molecule has 0 aliphatic heterocycles. The Morgan fingerprint density at radius 3 is 1.35 bits per heavy atom. The molecule has 0 bridgehead atoms. The average Bonchev–Trinajstić information content (AvgIpc) is 2.43. The van der Waals surface area contributed by atoms with E-state index in [2.05, 4.69) is 6.92 Å². The van der Waals surface area contributed by atoms with Crippen LogP contribution in [-0.4, -0.2) is 5.78 Å². The Labute approximate surface area is 127 Å². The fourth-order valence-corrected chi connectivity index (χ4v) is 2.61. The summed E-state index contributed by atoms with van der Waals surface area (Å²) in [7, 11) is 0. The molecule has 0 spiro atoms. The molecule has 0 saturated heterocycles. The summed E-state index contributed by atoms with van der Waals surface area (Å²) in [6, 6.07) is 0. The fraction of sp³-hybridized carbons (Fsp3) is 0.947. The normalized spacial score (nSPS) is 11.2. The van der Waals surface area contributed by atoms with Gasteiger partial charge in [0.1, 0.15) is 5.78 Å². The van der Waals surface area contributed by atoms with Crippen LogP contribution >= 0.6 is 0 Å². The third-order valence-corrected chi connectivity index (χ3v) is 4.17. The first-order valence-corrected chi connectivity index (χ1v) is 9.21. The van der Waals surface area contributed by atoms with Crippen molar-refractivity contribution in [2.75, 3.05) is 0 Å². The summed E-state index contributed by atoms with van der Waals surface area (Å²) in [5.74, 6) is 0.667. The molecule has 0 heterocycles. The van der Waals surface area contributed by atoms with E-state index in [-0.39, 0.29) is 5.92 Å². The van der Waals surface area contributed by atoms with Crippen LogP contribution in [0, 0.1) is 5.92 Å². The number of ketones is 1. The van der Waals surface area contributed by atoms with Crippen LogP contribution in [0.5, 0.6) is 0 Å². The van der Waals surface area contributed by atoms with E-state index in [9.17, 15) is 4.79 Å². The lowest BCUT2D eigenvalue weighted by Gasteiger charge is -2.04. The van der Waals surface area contributed by atoms with Crippen LogP contribution in [0.15, 0.2) is 0 Å². The molecular weight excluding hydrogens is 244 g/mol. The van der Waals surface area contributed by atoms with E-state index in [1.165, 1.54) is 77.0 Å². The summed E-state index contributed by atoms with van der Waals surface area (Å²) in [5, 5.41) is 0. The number of rotatable bonds is 15. The Hall–Kier alpha value is -0.330. The second kappa shape index (κ2) is 15.1. The van der Waals surface area contributed by atoms with Crippen LogP contribution in [0.3, 0.4) is 0 Å². The van der Waals surface area contributed by atoms with Crippen molar-refractivity contribution < 1.29 is 4.79 Å². The van der Waals surface area contributed by atoms with Gasteiger partial charge in [0, 0.05) is 12.3 Å². The summed E-state index contributed by atoms with van der Waals surface area (Å²) in [6.45, 7) is 6.29. The Bertz CT molecular complexity index is 208. The standard InChI is InChI=1S/C19H38O/c1-4-5-6-7-8-9-10-11-12-13-14-15-16-17-19(20)18(2)3/h18H,4-17H2,1-3H3. The Morgan fingerprint density at radius 2 is 1.00 bits per heavy atom. The maximum Gasteiger partial charge on any atom is 0.135 e. The minimum atomic E-state index is 0.229. The van der Waals surface area contributed by atoms with E-state index >= 15 is 0 Å². The topological polar surface area (TPSA) is 17.1 Å². The zero-order chi connectivity index (χ0) is 15.1. The van der Waals surface area contributed by atoms with Gasteiger partial charge in [0.25, 0.3) is 0 Å². The molecule has 0 aliphatic rings. The number of hydrogen-bond acceptors (Lipinski definition) is 1. The maximum absolute atomic E-state index is 11.4. The predicted molar refractivity (Wildman–Crippen MR) is 90.2 cm³/mol. The molecule has 0 fully saturated rings. The third-order valence-electron chi connectivity index (χ3n) is 4.17. The zero-order valence-electron chi connectivity index (χ0n) is 14.4. The van der Waals surface area contributed by atoms with Crippen molar-refractivity contribution in [1.29, 1.82) is 0 Å². The van der Waals surface area contributed by atoms with Gasteiger partial charge in [0.15, 0.2) is 0 Å². The number of carbonyl (C=O) groups is 1. The maximum atomic E-state index is 11.4. The van der Waals surface area contributed by atoms with Crippen molar-refractivity contribution in [3.05, 3.63) is 0 Å². The van der Waals surface area contributed by atoms with E-state index in [4.69, 9.17) is 0 Å². The second-order valence-electron chi connectivity index (χ2n) is 6.61. The van der Waals surface area contributed by atoms with Crippen molar-refractivity contribution in [3.63, 3.8) is 0 Å². The van der Waals surface area contributed by atoms with Gasteiger partial charge in [-0.15, -0.1) is 0 Å². The first-order valence-electron chi connectivity index (χ1n) is 9.21. The molecular formula is C19H38O. The van der Waals surface area contributed by atoms with Crippen molar-refractivity contribution in [1.82, 2.24) is 0 Å². The van der Waals surface area contributed by atoms with E-state index in [1.807, 2.05) is 13.8 Å². The SMILES string of the molecule is CCCCCCCCCCCCCCCC(=O)C(C)C. The highest BCUT2D eigenvalue weighted by Gasteiger charge is 2.05. The van der Waals surface area contributed by atoms with Gasteiger partial charge in [-0.05, 0) is 6.42 Å². The van der Waals surface area contributed by atoms with Crippen LogP contribution in [0.25, 0.3) is 0 Å². The predicted octanol–water partition coefficient (Wildman–Crippen LogP) is 6.69. The van der Waals surface area contributed by atoms with Crippen LogP contribution in [0.4, 0.5) is 0 Å². The summed E-state index contributed by atoms with van der Waals surface area (Å²) in [6.07, 6.45) is 18.6. The molecule has 0 aromatic rings. The molecule has 1 heteroatoms. The molecule has 20 heavy (non-hydrogen) atoms.